The second-order valence-corrected chi connectivity index (χ2v) is 4.66. The van der Waals surface area contributed by atoms with Gasteiger partial charge in [0.2, 0.25) is 0 Å². The molecule has 0 aromatic carbocycles. The molecule has 2 rings (SSSR count). The lowest BCUT2D eigenvalue weighted by Gasteiger charge is -2.21. The molecule has 0 aliphatic heterocycles. The largest absolute Gasteiger partial charge is 0.391 e. The Morgan fingerprint density at radius 1 is 1.47 bits per heavy atom. The van der Waals surface area contributed by atoms with Gasteiger partial charge in [-0.1, -0.05) is 19.3 Å². The zero-order valence-electron chi connectivity index (χ0n) is 10.1. The summed E-state index contributed by atoms with van der Waals surface area (Å²) in [6, 6.07) is 1.55. The van der Waals surface area contributed by atoms with Gasteiger partial charge in [0.05, 0.1) is 12.1 Å². The van der Waals surface area contributed by atoms with Gasteiger partial charge in [0.1, 0.15) is 5.69 Å². The van der Waals surface area contributed by atoms with E-state index in [0.717, 1.165) is 32.1 Å². The van der Waals surface area contributed by atoms with Gasteiger partial charge in [-0.3, -0.25) is 9.48 Å². The van der Waals surface area contributed by atoms with Crippen LogP contribution in [-0.4, -0.2) is 32.9 Å². The predicted molar refractivity (Wildman–Crippen MR) is 63.6 cm³/mol. The molecule has 17 heavy (non-hydrogen) atoms. The molecule has 1 amide bonds. The topological polar surface area (TPSA) is 67.2 Å². The molecule has 1 aliphatic carbocycles. The van der Waals surface area contributed by atoms with Crippen LogP contribution < -0.4 is 5.32 Å². The molecule has 2 atom stereocenters. The third-order valence-corrected chi connectivity index (χ3v) is 3.24. The van der Waals surface area contributed by atoms with Crippen LogP contribution in [-0.2, 0) is 7.05 Å². The van der Waals surface area contributed by atoms with Crippen molar-refractivity contribution >= 4 is 5.91 Å². The van der Waals surface area contributed by atoms with Crippen molar-refractivity contribution in [3.63, 3.8) is 0 Å². The first-order valence-corrected chi connectivity index (χ1v) is 6.15. The Morgan fingerprint density at radius 2 is 2.24 bits per heavy atom. The van der Waals surface area contributed by atoms with Gasteiger partial charge < -0.3 is 10.4 Å². The summed E-state index contributed by atoms with van der Waals surface area (Å²) in [5.41, 5.74) is 0.406. The number of hydrogen-bond acceptors (Lipinski definition) is 3. The quantitative estimate of drug-likeness (QED) is 0.749. The highest BCUT2D eigenvalue weighted by molar-refractivity contribution is 5.92. The molecular weight excluding hydrogens is 218 g/mol. The molecule has 0 radical (unpaired) electrons. The summed E-state index contributed by atoms with van der Waals surface area (Å²) < 4.78 is 1.60. The first kappa shape index (κ1) is 12.1. The van der Waals surface area contributed by atoms with E-state index in [1.54, 1.807) is 24.0 Å². The van der Waals surface area contributed by atoms with E-state index < -0.39 is 6.10 Å². The Balaban J connectivity index is 1.97. The Bertz CT molecular complexity index is 389. The number of hydrogen-bond donors (Lipinski definition) is 2. The number of carbonyl (C=O) groups excluding carboxylic acids is 1. The van der Waals surface area contributed by atoms with Crippen molar-refractivity contribution in [3.05, 3.63) is 18.0 Å². The Hall–Kier alpha value is -1.36. The number of aliphatic hydroxyl groups is 1. The van der Waals surface area contributed by atoms with Crippen LogP contribution >= 0.6 is 0 Å². The molecule has 0 spiro atoms. The molecule has 2 unspecified atom stereocenters. The summed E-state index contributed by atoms with van der Waals surface area (Å²) in [5, 5.41) is 16.8. The number of rotatable bonds is 2. The maximum atomic E-state index is 11.9. The van der Waals surface area contributed by atoms with E-state index in [1.165, 1.54) is 0 Å². The molecular formula is C12H19N3O2. The average Bonchev–Trinajstić information content (AvgIpc) is 2.63. The van der Waals surface area contributed by atoms with Gasteiger partial charge in [0, 0.05) is 13.2 Å². The molecule has 1 aliphatic rings. The number of nitrogens with one attached hydrogen (secondary N) is 1. The standard InChI is InChI=1S/C12H19N3O2/c1-15-8-7-10(14-15)12(17)13-9-5-3-2-4-6-11(9)16/h7-9,11,16H,2-6H2,1H3,(H,13,17). The minimum atomic E-state index is -0.426. The van der Waals surface area contributed by atoms with E-state index in [2.05, 4.69) is 10.4 Å². The van der Waals surface area contributed by atoms with Crippen molar-refractivity contribution < 1.29 is 9.90 Å². The van der Waals surface area contributed by atoms with Gasteiger partial charge in [-0.25, -0.2) is 0 Å². The minimum Gasteiger partial charge on any atom is -0.391 e. The summed E-state index contributed by atoms with van der Waals surface area (Å²) in [5.74, 6) is -0.198. The molecule has 1 aromatic rings. The second kappa shape index (κ2) is 5.31. The highest BCUT2D eigenvalue weighted by Crippen LogP contribution is 2.18. The summed E-state index contributed by atoms with van der Waals surface area (Å²) in [6.07, 6.45) is 6.16. The number of amides is 1. The molecule has 0 bridgehead atoms. The Morgan fingerprint density at radius 3 is 2.94 bits per heavy atom. The van der Waals surface area contributed by atoms with Crippen LogP contribution in [0.2, 0.25) is 0 Å². The molecule has 1 saturated carbocycles. The van der Waals surface area contributed by atoms with Crippen LogP contribution in [0.15, 0.2) is 12.3 Å². The maximum Gasteiger partial charge on any atom is 0.272 e. The monoisotopic (exact) mass is 237 g/mol. The third kappa shape index (κ3) is 3.06. The van der Waals surface area contributed by atoms with Gasteiger partial charge in [0.15, 0.2) is 0 Å². The van der Waals surface area contributed by atoms with Gasteiger partial charge in [-0.05, 0) is 18.9 Å². The van der Waals surface area contributed by atoms with Crippen molar-refractivity contribution in [1.29, 1.82) is 0 Å². The molecule has 5 heteroatoms. The third-order valence-electron chi connectivity index (χ3n) is 3.24. The smallest absolute Gasteiger partial charge is 0.272 e. The predicted octanol–water partition coefficient (Wildman–Crippen LogP) is 0.843. The number of aromatic nitrogens is 2. The number of nitrogens with zero attached hydrogens (tertiary/aromatic N) is 2. The van der Waals surface area contributed by atoms with E-state index in [9.17, 15) is 9.90 Å². The van der Waals surface area contributed by atoms with Gasteiger partial charge in [-0.15, -0.1) is 0 Å². The van der Waals surface area contributed by atoms with Crippen LogP contribution in [0.1, 0.15) is 42.6 Å². The fourth-order valence-corrected chi connectivity index (χ4v) is 2.23. The van der Waals surface area contributed by atoms with E-state index in [-0.39, 0.29) is 11.9 Å². The summed E-state index contributed by atoms with van der Waals surface area (Å²) >= 11 is 0. The molecule has 5 nitrogen and oxygen atoms in total. The average molecular weight is 237 g/mol. The van der Waals surface area contributed by atoms with E-state index in [1.807, 2.05) is 0 Å². The van der Waals surface area contributed by atoms with Crippen molar-refractivity contribution in [2.45, 2.75) is 44.2 Å². The van der Waals surface area contributed by atoms with E-state index in [0.29, 0.717) is 5.69 Å². The SMILES string of the molecule is Cn1ccc(C(=O)NC2CCCCCC2O)n1. The highest BCUT2D eigenvalue weighted by atomic mass is 16.3. The van der Waals surface area contributed by atoms with E-state index in [4.69, 9.17) is 0 Å². The lowest BCUT2D eigenvalue weighted by Crippen LogP contribution is -2.42. The fraction of sp³-hybridized carbons (Fsp3) is 0.667. The lowest BCUT2D eigenvalue weighted by atomic mass is 10.1. The van der Waals surface area contributed by atoms with Crippen LogP contribution in [0.5, 0.6) is 0 Å². The van der Waals surface area contributed by atoms with Crippen molar-refractivity contribution in [2.75, 3.05) is 0 Å². The van der Waals surface area contributed by atoms with E-state index >= 15 is 0 Å². The first-order valence-electron chi connectivity index (χ1n) is 6.15. The maximum absolute atomic E-state index is 11.9. The Kier molecular flexibility index (Phi) is 3.78. The molecule has 1 aromatic heterocycles. The lowest BCUT2D eigenvalue weighted by molar-refractivity contribution is 0.0813. The van der Waals surface area contributed by atoms with Crippen LogP contribution in [0.4, 0.5) is 0 Å². The van der Waals surface area contributed by atoms with Crippen LogP contribution in [0, 0.1) is 0 Å². The zero-order valence-corrected chi connectivity index (χ0v) is 10.1. The summed E-state index contributed by atoms with van der Waals surface area (Å²) in [6.45, 7) is 0. The summed E-state index contributed by atoms with van der Waals surface area (Å²) in [7, 11) is 1.78. The van der Waals surface area contributed by atoms with Crippen LogP contribution in [0.3, 0.4) is 0 Å². The molecule has 0 saturated heterocycles. The molecule has 94 valence electrons. The summed E-state index contributed by atoms with van der Waals surface area (Å²) in [4.78, 5) is 11.9. The molecule has 2 N–H and O–H groups in total. The van der Waals surface area contributed by atoms with Gasteiger partial charge >= 0.3 is 0 Å². The number of aryl methyl sites for hydroxylation is 1. The minimum absolute atomic E-state index is 0.132. The number of carbonyl (C=O) groups is 1. The van der Waals surface area contributed by atoms with Crippen molar-refractivity contribution in [2.24, 2.45) is 7.05 Å². The fourth-order valence-electron chi connectivity index (χ4n) is 2.23. The first-order chi connectivity index (χ1) is 8.16. The highest BCUT2D eigenvalue weighted by Gasteiger charge is 2.24. The van der Waals surface area contributed by atoms with Crippen molar-refractivity contribution in [3.8, 4) is 0 Å². The van der Waals surface area contributed by atoms with Gasteiger partial charge in [-0.2, -0.15) is 5.10 Å². The van der Waals surface area contributed by atoms with Gasteiger partial charge in [0.25, 0.3) is 5.91 Å². The molecule has 1 fully saturated rings. The second-order valence-electron chi connectivity index (χ2n) is 4.66. The zero-order chi connectivity index (χ0) is 12.3. The molecule has 1 heterocycles. The van der Waals surface area contributed by atoms with Crippen molar-refractivity contribution in [1.82, 2.24) is 15.1 Å². The Labute approximate surface area is 101 Å². The number of aliphatic hydroxyl groups excluding tert-OH is 1. The van der Waals surface area contributed by atoms with Crippen LogP contribution in [0.25, 0.3) is 0 Å². The normalized spacial score (nSPS) is 25.3.